The van der Waals surface area contributed by atoms with E-state index in [1.807, 2.05) is 0 Å². The van der Waals surface area contributed by atoms with E-state index in [4.69, 9.17) is 0 Å². The second-order valence-corrected chi connectivity index (χ2v) is 6.31. The molecule has 1 aliphatic rings. The average Bonchev–Trinajstić information content (AvgIpc) is 2.75. The number of halogens is 1. The molecule has 0 saturated carbocycles. The van der Waals surface area contributed by atoms with Gasteiger partial charge in [-0.25, -0.2) is 14.4 Å². The Morgan fingerprint density at radius 2 is 2.05 bits per heavy atom. The number of rotatable bonds is 2. The second kappa shape index (κ2) is 5.06. The van der Waals surface area contributed by atoms with Crippen molar-refractivity contribution >= 4 is 26.7 Å². The van der Waals surface area contributed by atoms with Crippen molar-refractivity contribution in [2.24, 2.45) is 0 Å². The van der Waals surface area contributed by atoms with E-state index in [9.17, 15) is 4.39 Å². The molecule has 0 bridgehead atoms. The largest absolute Gasteiger partial charge is 0.294 e. The Labute approximate surface area is 116 Å². The minimum absolute atomic E-state index is 0.206. The van der Waals surface area contributed by atoms with Gasteiger partial charge in [0.2, 0.25) is 0 Å². The van der Waals surface area contributed by atoms with Crippen molar-refractivity contribution in [2.75, 3.05) is 5.43 Å². The zero-order valence-electron chi connectivity index (χ0n) is 11.2. The van der Waals surface area contributed by atoms with Crippen molar-refractivity contribution in [1.82, 2.24) is 9.99 Å². The highest BCUT2D eigenvalue weighted by Crippen LogP contribution is 2.29. The van der Waals surface area contributed by atoms with Crippen LogP contribution < -0.4 is 5.43 Å². The lowest BCUT2D eigenvalue weighted by atomic mass is 10.00. The summed E-state index contributed by atoms with van der Waals surface area (Å²) >= 11 is 1.51. The Morgan fingerprint density at radius 1 is 1.32 bits per heavy atom. The van der Waals surface area contributed by atoms with E-state index in [1.54, 1.807) is 12.1 Å². The molecule has 3 nitrogen and oxygen atoms in total. The van der Waals surface area contributed by atoms with Crippen molar-refractivity contribution in [3.8, 4) is 0 Å². The summed E-state index contributed by atoms with van der Waals surface area (Å²) in [6.07, 6.45) is 3.69. The maximum atomic E-state index is 13.2. The first-order chi connectivity index (χ1) is 9.13. The molecule has 1 aromatic carbocycles. The van der Waals surface area contributed by atoms with Crippen LogP contribution in [0.1, 0.15) is 33.1 Å². The molecule has 19 heavy (non-hydrogen) atoms. The van der Waals surface area contributed by atoms with Crippen LogP contribution in [-0.4, -0.2) is 22.1 Å². The first-order valence-corrected chi connectivity index (χ1v) is 7.56. The summed E-state index contributed by atoms with van der Waals surface area (Å²) in [6.45, 7) is 4.46. The van der Waals surface area contributed by atoms with E-state index < -0.39 is 0 Å². The molecule has 3 rings (SSSR count). The van der Waals surface area contributed by atoms with Crippen LogP contribution in [0.4, 0.5) is 9.52 Å². The van der Waals surface area contributed by atoms with Crippen molar-refractivity contribution < 1.29 is 4.39 Å². The smallest absolute Gasteiger partial charge is 0.198 e. The number of piperidine rings is 1. The van der Waals surface area contributed by atoms with Crippen LogP contribution in [0.2, 0.25) is 0 Å². The predicted octanol–water partition coefficient (Wildman–Crippen LogP) is 4.03. The number of nitrogens with one attached hydrogen (secondary N) is 1. The normalized spacial score (nSPS) is 24.8. The van der Waals surface area contributed by atoms with Crippen molar-refractivity contribution in [2.45, 2.75) is 45.2 Å². The summed E-state index contributed by atoms with van der Waals surface area (Å²) in [5, 5.41) is 3.12. The van der Waals surface area contributed by atoms with E-state index in [0.29, 0.717) is 12.1 Å². The maximum Gasteiger partial charge on any atom is 0.198 e. The van der Waals surface area contributed by atoms with Crippen LogP contribution >= 0.6 is 11.3 Å². The van der Waals surface area contributed by atoms with Crippen molar-refractivity contribution in [3.63, 3.8) is 0 Å². The molecule has 1 N–H and O–H groups in total. The van der Waals surface area contributed by atoms with Crippen LogP contribution in [0.3, 0.4) is 0 Å². The third-order valence-electron chi connectivity index (χ3n) is 3.77. The standard InChI is InChI=1S/C14H18FN3S/c1-9-4-3-5-10(2)18(9)17-14-16-12-7-6-11(15)8-13(12)19-14/h6-10H,3-5H2,1-2H3,(H,16,17). The number of anilines is 1. The molecule has 2 heterocycles. The van der Waals surface area contributed by atoms with Gasteiger partial charge in [-0.1, -0.05) is 17.8 Å². The first kappa shape index (κ1) is 12.8. The highest BCUT2D eigenvalue weighted by atomic mass is 32.1. The van der Waals surface area contributed by atoms with Gasteiger partial charge in [-0.2, -0.15) is 0 Å². The van der Waals surface area contributed by atoms with Crippen molar-refractivity contribution in [1.29, 1.82) is 0 Å². The molecule has 1 saturated heterocycles. The molecule has 0 spiro atoms. The zero-order chi connectivity index (χ0) is 13.4. The van der Waals surface area contributed by atoms with Crippen LogP contribution in [0.25, 0.3) is 10.2 Å². The average molecular weight is 279 g/mol. The van der Waals surface area contributed by atoms with Crippen LogP contribution in [0.5, 0.6) is 0 Å². The van der Waals surface area contributed by atoms with Gasteiger partial charge in [-0.3, -0.25) is 5.43 Å². The summed E-state index contributed by atoms with van der Waals surface area (Å²) in [6, 6.07) is 5.74. The third kappa shape index (κ3) is 2.58. The summed E-state index contributed by atoms with van der Waals surface area (Å²) < 4.78 is 14.1. The van der Waals surface area contributed by atoms with Crippen LogP contribution in [0, 0.1) is 5.82 Å². The molecule has 1 fully saturated rings. The summed E-state index contributed by atoms with van der Waals surface area (Å²) in [7, 11) is 0. The molecule has 102 valence electrons. The predicted molar refractivity (Wildman–Crippen MR) is 77.8 cm³/mol. The lowest BCUT2D eigenvalue weighted by Gasteiger charge is -2.38. The highest BCUT2D eigenvalue weighted by Gasteiger charge is 2.25. The van der Waals surface area contributed by atoms with Gasteiger partial charge in [-0.05, 0) is 44.9 Å². The number of fused-ring (bicyclic) bond motifs is 1. The quantitative estimate of drug-likeness (QED) is 0.899. The van der Waals surface area contributed by atoms with Gasteiger partial charge in [0.25, 0.3) is 0 Å². The Hall–Kier alpha value is -1.20. The molecule has 5 heteroatoms. The van der Waals surface area contributed by atoms with Gasteiger partial charge in [0.1, 0.15) is 5.82 Å². The first-order valence-electron chi connectivity index (χ1n) is 6.74. The Morgan fingerprint density at radius 3 is 2.79 bits per heavy atom. The molecule has 0 amide bonds. The molecule has 2 atom stereocenters. The van der Waals surface area contributed by atoms with E-state index in [-0.39, 0.29) is 5.82 Å². The van der Waals surface area contributed by atoms with E-state index >= 15 is 0 Å². The lowest BCUT2D eigenvalue weighted by Crippen LogP contribution is -2.47. The molecule has 1 aromatic heterocycles. The second-order valence-electron chi connectivity index (χ2n) is 5.28. The van der Waals surface area contributed by atoms with Gasteiger partial charge < -0.3 is 0 Å². The topological polar surface area (TPSA) is 28.2 Å². The molecular formula is C14H18FN3S. The molecule has 2 aromatic rings. The number of aromatic nitrogens is 1. The minimum Gasteiger partial charge on any atom is -0.294 e. The Bertz CT molecular complexity index is 573. The van der Waals surface area contributed by atoms with E-state index in [1.165, 1.54) is 36.7 Å². The van der Waals surface area contributed by atoms with Gasteiger partial charge in [0.05, 0.1) is 10.2 Å². The van der Waals surface area contributed by atoms with Crippen LogP contribution in [0.15, 0.2) is 18.2 Å². The van der Waals surface area contributed by atoms with Gasteiger partial charge in [0.15, 0.2) is 5.13 Å². The van der Waals surface area contributed by atoms with Crippen molar-refractivity contribution in [3.05, 3.63) is 24.0 Å². The summed E-state index contributed by atoms with van der Waals surface area (Å²) in [5.74, 6) is -0.206. The number of hydrogen-bond acceptors (Lipinski definition) is 4. The summed E-state index contributed by atoms with van der Waals surface area (Å²) in [5.41, 5.74) is 4.26. The molecular weight excluding hydrogens is 261 g/mol. The molecule has 0 radical (unpaired) electrons. The molecule has 0 aliphatic carbocycles. The molecule has 1 aliphatic heterocycles. The van der Waals surface area contributed by atoms with Crippen LogP contribution in [-0.2, 0) is 0 Å². The minimum atomic E-state index is -0.206. The number of hydrazine groups is 1. The highest BCUT2D eigenvalue weighted by molar-refractivity contribution is 7.22. The number of benzene rings is 1. The summed E-state index contributed by atoms with van der Waals surface area (Å²) in [4.78, 5) is 4.52. The van der Waals surface area contributed by atoms with Gasteiger partial charge in [0, 0.05) is 12.1 Å². The fraction of sp³-hybridized carbons (Fsp3) is 0.500. The monoisotopic (exact) mass is 279 g/mol. The van der Waals surface area contributed by atoms with Gasteiger partial charge in [-0.15, -0.1) is 0 Å². The SMILES string of the molecule is CC1CCCC(C)N1Nc1nc2ccc(F)cc2s1. The van der Waals surface area contributed by atoms with Gasteiger partial charge >= 0.3 is 0 Å². The Kier molecular flexibility index (Phi) is 3.41. The molecule has 2 unspecified atom stereocenters. The number of nitrogens with zero attached hydrogens (tertiary/aromatic N) is 2. The fourth-order valence-corrected chi connectivity index (χ4v) is 3.59. The zero-order valence-corrected chi connectivity index (χ0v) is 12.0. The van der Waals surface area contributed by atoms with E-state index in [0.717, 1.165) is 15.3 Å². The lowest BCUT2D eigenvalue weighted by molar-refractivity contribution is 0.136. The van der Waals surface area contributed by atoms with E-state index in [2.05, 4.69) is 29.3 Å². The third-order valence-corrected chi connectivity index (χ3v) is 4.69. The fourth-order valence-electron chi connectivity index (χ4n) is 2.70. The maximum absolute atomic E-state index is 13.2. The number of thiazole rings is 1. The number of hydrogen-bond donors (Lipinski definition) is 1. The Balaban J connectivity index is 1.84.